The molecule has 1 amide bonds. The van der Waals surface area contributed by atoms with Crippen LogP contribution in [0.15, 0.2) is 54.9 Å². The average Bonchev–Trinajstić information content (AvgIpc) is 3.47. The first-order chi connectivity index (χ1) is 12.7. The molecule has 1 N–H and O–H groups in total. The highest BCUT2D eigenvalue weighted by Gasteiger charge is 2.33. The largest absolute Gasteiger partial charge is 0.348 e. The van der Waals surface area contributed by atoms with Crippen molar-refractivity contribution in [2.75, 3.05) is 0 Å². The lowest BCUT2D eigenvalue weighted by atomic mass is 10.1. The summed E-state index contributed by atoms with van der Waals surface area (Å²) in [5.41, 5.74) is 4.79. The fraction of sp³-hybridized carbons (Fsp3) is 0.286. The molecule has 2 aromatic heterocycles. The van der Waals surface area contributed by atoms with Gasteiger partial charge in [-0.1, -0.05) is 36.4 Å². The molecule has 0 aliphatic heterocycles. The Kier molecular flexibility index (Phi) is 4.52. The van der Waals surface area contributed by atoms with Gasteiger partial charge in [0.1, 0.15) is 0 Å². The number of carbonyl (C=O) groups is 1. The predicted octanol–water partition coefficient (Wildman–Crippen LogP) is 3.44. The minimum atomic E-state index is -0.0486. The Morgan fingerprint density at radius 2 is 1.92 bits per heavy atom. The van der Waals surface area contributed by atoms with Crippen molar-refractivity contribution in [3.8, 4) is 0 Å². The predicted molar refractivity (Wildman–Crippen MR) is 99.9 cm³/mol. The Hall–Kier alpha value is -2.95. The zero-order chi connectivity index (χ0) is 17.9. The van der Waals surface area contributed by atoms with Crippen LogP contribution in [-0.4, -0.2) is 20.7 Å². The highest BCUT2D eigenvalue weighted by atomic mass is 16.1. The molecule has 5 nitrogen and oxygen atoms in total. The third-order valence-electron chi connectivity index (χ3n) is 4.78. The molecule has 1 aromatic carbocycles. The average molecular weight is 346 g/mol. The third kappa shape index (κ3) is 3.52. The standard InChI is InChI=1S/C21H22N4O/c1-15-19(21(26)23-13-17-8-5-11-22-12-17)20(18-9-10-18)24-25(15)14-16-6-3-2-4-7-16/h2-8,11-12,18H,9-10,13-14H2,1H3,(H,23,26). The molecule has 1 aliphatic rings. The van der Waals surface area contributed by atoms with Crippen molar-refractivity contribution in [3.05, 3.63) is 82.9 Å². The van der Waals surface area contributed by atoms with Gasteiger partial charge in [0.2, 0.25) is 0 Å². The Morgan fingerprint density at radius 1 is 1.15 bits per heavy atom. The highest BCUT2D eigenvalue weighted by Crippen LogP contribution is 2.41. The molecular weight excluding hydrogens is 324 g/mol. The minimum Gasteiger partial charge on any atom is -0.348 e. The quantitative estimate of drug-likeness (QED) is 0.744. The first kappa shape index (κ1) is 16.5. The summed E-state index contributed by atoms with van der Waals surface area (Å²) in [7, 11) is 0. The highest BCUT2D eigenvalue weighted by molar-refractivity contribution is 5.96. The van der Waals surface area contributed by atoms with Crippen LogP contribution in [-0.2, 0) is 13.1 Å². The van der Waals surface area contributed by atoms with Crippen LogP contribution < -0.4 is 5.32 Å². The molecule has 0 atom stereocenters. The van der Waals surface area contributed by atoms with Gasteiger partial charge in [0.25, 0.3) is 5.91 Å². The summed E-state index contributed by atoms with van der Waals surface area (Å²) in [6.07, 6.45) is 5.73. The molecule has 1 saturated carbocycles. The van der Waals surface area contributed by atoms with Crippen molar-refractivity contribution in [3.63, 3.8) is 0 Å². The van der Waals surface area contributed by atoms with Gasteiger partial charge in [-0.2, -0.15) is 5.10 Å². The Labute approximate surface area is 153 Å². The van der Waals surface area contributed by atoms with Gasteiger partial charge < -0.3 is 5.32 Å². The molecule has 1 aliphatic carbocycles. The molecule has 2 heterocycles. The summed E-state index contributed by atoms with van der Waals surface area (Å²) >= 11 is 0. The molecular formula is C21H22N4O. The van der Waals surface area contributed by atoms with Gasteiger partial charge in [-0.25, -0.2) is 0 Å². The van der Waals surface area contributed by atoms with Crippen molar-refractivity contribution in [1.29, 1.82) is 0 Å². The van der Waals surface area contributed by atoms with Crippen LogP contribution in [0.25, 0.3) is 0 Å². The number of hydrogen-bond donors (Lipinski definition) is 1. The van der Waals surface area contributed by atoms with Gasteiger partial charge in [-0.15, -0.1) is 0 Å². The minimum absolute atomic E-state index is 0.0486. The Bertz CT molecular complexity index is 899. The summed E-state index contributed by atoms with van der Waals surface area (Å²) in [6, 6.07) is 14.1. The second kappa shape index (κ2) is 7.12. The number of rotatable bonds is 6. The van der Waals surface area contributed by atoms with E-state index in [1.54, 1.807) is 12.4 Å². The number of carbonyl (C=O) groups excluding carboxylic acids is 1. The molecule has 0 saturated heterocycles. The second-order valence-electron chi connectivity index (χ2n) is 6.81. The number of hydrogen-bond acceptors (Lipinski definition) is 3. The van der Waals surface area contributed by atoms with E-state index >= 15 is 0 Å². The van der Waals surface area contributed by atoms with Crippen LogP contribution in [0, 0.1) is 6.92 Å². The number of benzene rings is 1. The summed E-state index contributed by atoms with van der Waals surface area (Å²) < 4.78 is 1.96. The number of nitrogens with one attached hydrogen (secondary N) is 1. The number of aromatic nitrogens is 3. The summed E-state index contributed by atoms with van der Waals surface area (Å²) in [5.74, 6) is 0.373. The molecule has 3 aromatic rings. The summed E-state index contributed by atoms with van der Waals surface area (Å²) in [4.78, 5) is 17.0. The fourth-order valence-electron chi connectivity index (χ4n) is 3.18. The maximum atomic E-state index is 12.9. The second-order valence-corrected chi connectivity index (χ2v) is 6.81. The summed E-state index contributed by atoms with van der Waals surface area (Å²) in [6.45, 7) is 3.14. The normalized spacial score (nSPS) is 13.6. The van der Waals surface area contributed by atoms with Gasteiger partial charge in [-0.05, 0) is 37.0 Å². The van der Waals surface area contributed by atoms with Gasteiger partial charge >= 0.3 is 0 Å². The van der Waals surface area contributed by atoms with Crippen molar-refractivity contribution in [2.45, 2.75) is 38.8 Å². The molecule has 26 heavy (non-hydrogen) atoms. The first-order valence-electron chi connectivity index (χ1n) is 9.00. The molecule has 1 fully saturated rings. The van der Waals surface area contributed by atoms with Gasteiger partial charge in [0, 0.05) is 30.6 Å². The fourth-order valence-corrected chi connectivity index (χ4v) is 3.18. The van der Waals surface area contributed by atoms with Crippen LogP contribution in [0.4, 0.5) is 0 Å². The third-order valence-corrected chi connectivity index (χ3v) is 4.78. The van der Waals surface area contributed by atoms with Crippen molar-refractivity contribution >= 4 is 5.91 Å². The monoisotopic (exact) mass is 346 g/mol. The number of nitrogens with zero attached hydrogens (tertiary/aromatic N) is 3. The maximum absolute atomic E-state index is 12.9. The van der Waals surface area contributed by atoms with Crippen LogP contribution in [0.3, 0.4) is 0 Å². The van der Waals surface area contributed by atoms with E-state index in [9.17, 15) is 4.79 Å². The lowest BCUT2D eigenvalue weighted by Gasteiger charge is -2.07. The van der Waals surface area contributed by atoms with Crippen molar-refractivity contribution in [2.24, 2.45) is 0 Å². The molecule has 0 bridgehead atoms. The molecule has 0 spiro atoms. The smallest absolute Gasteiger partial charge is 0.255 e. The number of amides is 1. The van der Waals surface area contributed by atoms with Crippen molar-refractivity contribution in [1.82, 2.24) is 20.1 Å². The maximum Gasteiger partial charge on any atom is 0.255 e. The molecule has 0 radical (unpaired) electrons. The summed E-state index contributed by atoms with van der Waals surface area (Å²) in [5, 5.41) is 7.81. The lowest BCUT2D eigenvalue weighted by molar-refractivity contribution is 0.0949. The van der Waals surface area contributed by atoms with E-state index in [0.29, 0.717) is 19.0 Å². The van der Waals surface area contributed by atoms with E-state index in [4.69, 9.17) is 5.10 Å². The van der Waals surface area contributed by atoms with E-state index in [1.165, 1.54) is 5.56 Å². The zero-order valence-electron chi connectivity index (χ0n) is 14.9. The van der Waals surface area contributed by atoms with E-state index in [-0.39, 0.29) is 5.91 Å². The molecule has 132 valence electrons. The molecule has 0 unspecified atom stereocenters. The van der Waals surface area contributed by atoms with E-state index in [1.807, 2.05) is 41.9 Å². The number of pyridine rings is 1. The SMILES string of the molecule is Cc1c(C(=O)NCc2cccnc2)c(C2CC2)nn1Cc1ccccc1. The van der Waals surface area contributed by atoms with Gasteiger partial charge in [0.15, 0.2) is 0 Å². The van der Waals surface area contributed by atoms with E-state index in [0.717, 1.165) is 35.4 Å². The first-order valence-corrected chi connectivity index (χ1v) is 9.00. The van der Waals surface area contributed by atoms with Crippen molar-refractivity contribution < 1.29 is 4.79 Å². The van der Waals surface area contributed by atoms with Crippen LogP contribution in [0.5, 0.6) is 0 Å². The van der Waals surface area contributed by atoms with Gasteiger partial charge in [-0.3, -0.25) is 14.5 Å². The zero-order valence-corrected chi connectivity index (χ0v) is 14.9. The van der Waals surface area contributed by atoms with E-state index in [2.05, 4.69) is 22.4 Å². The lowest BCUT2D eigenvalue weighted by Crippen LogP contribution is -2.24. The van der Waals surface area contributed by atoms with Gasteiger partial charge in [0.05, 0.1) is 17.8 Å². The topological polar surface area (TPSA) is 59.8 Å². The molecule has 4 rings (SSSR count). The Morgan fingerprint density at radius 3 is 2.62 bits per heavy atom. The van der Waals surface area contributed by atoms with Crippen LogP contribution in [0.1, 0.15) is 51.6 Å². The van der Waals surface area contributed by atoms with Crippen LogP contribution in [0.2, 0.25) is 0 Å². The molecule has 5 heteroatoms. The van der Waals surface area contributed by atoms with Crippen LogP contribution >= 0.6 is 0 Å². The van der Waals surface area contributed by atoms with E-state index < -0.39 is 0 Å². The Balaban J connectivity index is 1.57.